The van der Waals surface area contributed by atoms with E-state index in [-0.39, 0.29) is 5.56 Å². The lowest BCUT2D eigenvalue weighted by Crippen LogP contribution is -2.10. The highest BCUT2D eigenvalue weighted by Gasteiger charge is 2.34. The maximum absolute atomic E-state index is 13.2. The van der Waals surface area contributed by atoms with Crippen LogP contribution in [0.25, 0.3) is 28.6 Å². The maximum atomic E-state index is 13.2. The van der Waals surface area contributed by atoms with Gasteiger partial charge in [0.15, 0.2) is 5.65 Å². The summed E-state index contributed by atoms with van der Waals surface area (Å²) < 4.78 is 41.2. The third-order valence-corrected chi connectivity index (χ3v) is 4.83. The SMILES string of the molecule is Nc1ncc(-c2ccc3ncc(C4=Cc5cc[nH]c5N=CC4)n3n2)cc1C(F)(F)F. The van der Waals surface area contributed by atoms with Crippen molar-refractivity contribution in [1.29, 1.82) is 0 Å². The van der Waals surface area contributed by atoms with Gasteiger partial charge in [-0.25, -0.2) is 19.5 Å². The van der Waals surface area contributed by atoms with Gasteiger partial charge in [-0.2, -0.15) is 18.3 Å². The number of nitrogen functional groups attached to an aromatic ring is 1. The summed E-state index contributed by atoms with van der Waals surface area (Å²) in [5.41, 5.74) is 8.12. The average molecular weight is 409 g/mol. The number of rotatable bonds is 2. The van der Waals surface area contributed by atoms with Crippen molar-refractivity contribution < 1.29 is 13.2 Å². The van der Waals surface area contributed by atoms with Crippen molar-refractivity contribution in [3.05, 3.63) is 59.7 Å². The zero-order chi connectivity index (χ0) is 20.9. The van der Waals surface area contributed by atoms with Crippen LogP contribution in [0, 0.1) is 0 Å². The molecule has 3 N–H and O–H groups in total. The number of aliphatic imine (C=N–C) groups is 1. The molecule has 4 aromatic heterocycles. The molecule has 0 unspecified atom stereocenters. The summed E-state index contributed by atoms with van der Waals surface area (Å²) in [7, 11) is 0. The number of hydrogen-bond acceptors (Lipinski definition) is 5. The van der Waals surface area contributed by atoms with E-state index in [2.05, 4.69) is 25.0 Å². The third kappa shape index (κ3) is 3.02. The molecule has 0 spiro atoms. The van der Waals surface area contributed by atoms with Gasteiger partial charge in [0.2, 0.25) is 0 Å². The van der Waals surface area contributed by atoms with Crippen LogP contribution in [0.2, 0.25) is 0 Å². The van der Waals surface area contributed by atoms with Crippen LogP contribution in [0.4, 0.5) is 24.8 Å². The minimum Gasteiger partial charge on any atom is -0.383 e. The van der Waals surface area contributed by atoms with E-state index in [1.165, 1.54) is 6.20 Å². The number of imidazole rings is 1. The van der Waals surface area contributed by atoms with E-state index in [0.717, 1.165) is 28.7 Å². The molecule has 10 heteroatoms. The Morgan fingerprint density at radius 3 is 2.80 bits per heavy atom. The summed E-state index contributed by atoms with van der Waals surface area (Å²) in [5, 5.41) is 4.52. The molecule has 150 valence electrons. The van der Waals surface area contributed by atoms with Gasteiger partial charge in [0.05, 0.1) is 23.1 Å². The lowest BCUT2D eigenvalue weighted by atomic mass is 10.1. The van der Waals surface area contributed by atoms with Crippen molar-refractivity contribution >= 4 is 35.1 Å². The molecule has 0 atom stereocenters. The van der Waals surface area contributed by atoms with Gasteiger partial charge in [0.25, 0.3) is 0 Å². The molecule has 0 amide bonds. The number of fused-ring (bicyclic) bond motifs is 2. The van der Waals surface area contributed by atoms with Gasteiger partial charge in [-0.15, -0.1) is 0 Å². The van der Waals surface area contributed by atoms with Gasteiger partial charge in [0, 0.05) is 36.2 Å². The number of H-pyrrole nitrogens is 1. The average Bonchev–Trinajstić information content (AvgIpc) is 3.28. The van der Waals surface area contributed by atoms with Crippen molar-refractivity contribution in [2.45, 2.75) is 12.6 Å². The lowest BCUT2D eigenvalue weighted by Gasteiger charge is -2.11. The van der Waals surface area contributed by atoms with Crippen LogP contribution in [0.15, 0.2) is 47.8 Å². The Bertz CT molecular complexity index is 1330. The molecule has 5 rings (SSSR count). The highest BCUT2D eigenvalue weighted by atomic mass is 19.4. The first-order valence-electron chi connectivity index (χ1n) is 8.99. The largest absolute Gasteiger partial charge is 0.419 e. The summed E-state index contributed by atoms with van der Waals surface area (Å²) in [6.45, 7) is 0. The van der Waals surface area contributed by atoms with E-state index in [1.54, 1.807) is 35.3 Å². The predicted molar refractivity (Wildman–Crippen MR) is 107 cm³/mol. The number of nitrogens with zero attached hydrogens (tertiary/aromatic N) is 5. The minimum absolute atomic E-state index is 0.211. The van der Waals surface area contributed by atoms with Gasteiger partial charge < -0.3 is 10.7 Å². The number of hydrogen-bond donors (Lipinski definition) is 2. The normalized spacial score (nSPS) is 13.9. The second kappa shape index (κ2) is 6.55. The van der Waals surface area contributed by atoms with E-state index in [1.807, 2.05) is 12.1 Å². The molecule has 5 heterocycles. The van der Waals surface area contributed by atoms with Crippen molar-refractivity contribution in [2.75, 3.05) is 5.73 Å². The summed E-state index contributed by atoms with van der Waals surface area (Å²) in [6, 6.07) is 6.17. The fourth-order valence-electron chi connectivity index (χ4n) is 3.35. The Morgan fingerprint density at radius 1 is 1.10 bits per heavy atom. The number of halogens is 3. The summed E-state index contributed by atoms with van der Waals surface area (Å²) >= 11 is 0. The first-order chi connectivity index (χ1) is 14.4. The topological polar surface area (TPSA) is 97.2 Å². The predicted octanol–water partition coefficient (Wildman–Crippen LogP) is 4.37. The zero-order valence-corrected chi connectivity index (χ0v) is 15.4. The first kappa shape index (κ1) is 18.1. The highest BCUT2D eigenvalue weighted by Crippen LogP contribution is 2.35. The highest BCUT2D eigenvalue weighted by molar-refractivity contribution is 5.93. The Hall–Kier alpha value is -3.95. The van der Waals surface area contributed by atoms with Crippen LogP contribution in [0.5, 0.6) is 0 Å². The molecule has 0 bridgehead atoms. The molecule has 0 fully saturated rings. The molecule has 1 aliphatic heterocycles. The number of anilines is 1. The molecule has 4 aromatic rings. The van der Waals surface area contributed by atoms with Gasteiger partial charge >= 0.3 is 6.18 Å². The standard InChI is InChI=1S/C20H14F3N7/c21-20(22,23)14-8-13(9-28-18(14)24)15-1-2-17-27-10-16(30(17)29-15)11-3-5-25-19-12(7-11)4-6-26-19/h1-2,4-10,26H,3H2,(H2,24,28). The quantitative estimate of drug-likeness (QED) is 0.514. The number of aromatic amines is 1. The number of aromatic nitrogens is 5. The van der Waals surface area contributed by atoms with Gasteiger partial charge in [0.1, 0.15) is 11.6 Å². The zero-order valence-electron chi connectivity index (χ0n) is 15.4. The molecule has 0 aromatic carbocycles. The van der Waals surface area contributed by atoms with Crippen molar-refractivity contribution in [2.24, 2.45) is 4.99 Å². The summed E-state index contributed by atoms with van der Waals surface area (Å²) in [4.78, 5) is 15.5. The number of nitrogens with two attached hydrogens (primary N) is 1. The fraction of sp³-hybridized carbons (Fsp3) is 0.100. The van der Waals surface area contributed by atoms with Crippen molar-refractivity contribution in [3.63, 3.8) is 0 Å². The molecule has 1 aliphatic rings. The molecule has 0 radical (unpaired) electrons. The van der Waals surface area contributed by atoms with E-state index in [0.29, 0.717) is 17.8 Å². The number of allylic oxidation sites excluding steroid dienone is 1. The van der Waals surface area contributed by atoms with E-state index in [4.69, 9.17) is 5.73 Å². The van der Waals surface area contributed by atoms with Crippen LogP contribution < -0.4 is 5.73 Å². The maximum Gasteiger partial charge on any atom is 0.419 e. The Kier molecular flexibility index (Phi) is 3.95. The van der Waals surface area contributed by atoms with Crippen LogP contribution in [0.3, 0.4) is 0 Å². The summed E-state index contributed by atoms with van der Waals surface area (Å²) in [5.74, 6) is 0.195. The van der Waals surface area contributed by atoms with Crippen LogP contribution >= 0.6 is 0 Å². The van der Waals surface area contributed by atoms with E-state index in [9.17, 15) is 13.2 Å². The second-order valence-corrected chi connectivity index (χ2v) is 6.75. The van der Waals surface area contributed by atoms with Crippen LogP contribution in [-0.2, 0) is 6.18 Å². The van der Waals surface area contributed by atoms with Crippen molar-refractivity contribution in [3.8, 4) is 11.3 Å². The van der Waals surface area contributed by atoms with Gasteiger partial charge in [-0.1, -0.05) is 0 Å². The minimum atomic E-state index is -4.60. The number of nitrogens with one attached hydrogen (secondary N) is 1. The smallest absolute Gasteiger partial charge is 0.383 e. The molecule has 30 heavy (non-hydrogen) atoms. The van der Waals surface area contributed by atoms with E-state index >= 15 is 0 Å². The monoisotopic (exact) mass is 409 g/mol. The molecular weight excluding hydrogens is 395 g/mol. The molecule has 7 nitrogen and oxygen atoms in total. The van der Waals surface area contributed by atoms with Gasteiger partial charge in [-0.05, 0) is 35.9 Å². The van der Waals surface area contributed by atoms with Crippen LogP contribution in [-0.4, -0.2) is 30.8 Å². The Labute approximate surface area is 167 Å². The molecule has 0 aliphatic carbocycles. The number of alkyl halides is 3. The summed E-state index contributed by atoms with van der Waals surface area (Å²) in [6.07, 6.45) is 4.50. The second-order valence-electron chi connectivity index (χ2n) is 6.75. The molecular formula is C20H14F3N7. The van der Waals surface area contributed by atoms with E-state index < -0.39 is 17.6 Å². The third-order valence-electron chi connectivity index (χ3n) is 4.83. The van der Waals surface area contributed by atoms with Crippen LogP contribution in [0.1, 0.15) is 23.2 Å². The Morgan fingerprint density at radius 2 is 1.97 bits per heavy atom. The van der Waals surface area contributed by atoms with Crippen molar-refractivity contribution in [1.82, 2.24) is 24.6 Å². The molecule has 0 saturated carbocycles. The lowest BCUT2D eigenvalue weighted by molar-refractivity contribution is -0.137. The fourth-order valence-corrected chi connectivity index (χ4v) is 3.35. The first-order valence-corrected chi connectivity index (χ1v) is 8.99. The Balaban J connectivity index is 1.62. The molecule has 0 saturated heterocycles. The van der Waals surface area contributed by atoms with Gasteiger partial charge in [-0.3, -0.25) is 0 Å². The number of pyridine rings is 1.